The number of hydrogen-bond donors (Lipinski definition) is 3. The van der Waals surface area contributed by atoms with Gasteiger partial charge in [0.2, 0.25) is 0 Å². The number of carbonyl (C=O) groups is 1. The molecule has 0 saturated heterocycles. The SMILES string of the molecule is O=C(NC[C@@H](O)c1ccc2c(c1)CCO2)NC(c1ccccc1)c1ccccc1. The maximum Gasteiger partial charge on any atom is 0.315 e. The minimum Gasteiger partial charge on any atom is -0.493 e. The summed E-state index contributed by atoms with van der Waals surface area (Å²) in [5.41, 5.74) is 3.86. The third kappa shape index (κ3) is 4.58. The Labute approximate surface area is 170 Å². The van der Waals surface area contributed by atoms with Gasteiger partial charge < -0.3 is 20.5 Å². The smallest absolute Gasteiger partial charge is 0.315 e. The molecule has 0 aliphatic carbocycles. The Morgan fingerprint density at radius 2 is 1.59 bits per heavy atom. The van der Waals surface area contributed by atoms with Gasteiger partial charge in [0.05, 0.1) is 18.8 Å². The Balaban J connectivity index is 1.40. The molecular formula is C24H24N2O3. The number of hydrogen-bond acceptors (Lipinski definition) is 3. The molecule has 0 spiro atoms. The van der Waals surface area contributed by atoms with E-state index in [1.807, 2.05) is 78.9 Å². The Morgan fingerprint density at radius 1 is 0.931 bits per heavy atom. The van der Waals surface area contributed by atoms with E-state index in [1.165, 1.54) is 0 Å². The van der Waals surface area contributed by atoms with Crippen molar-refractivity contribution in [1.29, 1.82) is 0 Å². The molecule has 5 heteroatoms. The van der Waals surface area contributed by atoms with Gasteiger partial charge in [-0.15, -0.1) is 0 Å². The highest BCUT2D eigenvalue weighted by molar-refractivity contribution is 5.75. The van der Waals surface area contributed by atoms with Crippen LogP contribution in [0.5, 0.6) is 5.75 Å². The molecule has 3 N–H and O–H groups in total. The topological polar surface area (TPSA) is 70.6 Å². The molecular weight excluding hydrogens is 364 g/mol. The maximum absolute atomic E-state index is 12.6. The Kier molecular flexibility index (Phi) is 5.77. The quantitative estimate of drug-likeness (QED) is 0.602. The normalized spacial score (nSPS) is 13.4. The third-order valence-electron chi connectivity index (χ3n) is 5.10. The molecule has 148 valence electrons. The first-order chi connectivity index (χ1) is 14.2. The minimum absolute atomic E-state index is 0.127. The van der Waals surface area contributed by atoms with Gasteiger partial charge in [0.15, 0.2) is 0 Å². The second kappa shape index (κ2) is 8.80. The maximum atomic E-state index is 12.6. The number of fused-ring (bicyclic) bond motifs is 1. The van der Waals surface area contributed by atoms with Gasteiger partial charge in [-0.1, -0.05) is 66.7 Å². The van der Waals surface area contributed by atoms with Gasteiger partial charge >= 0.3 is 6.03 Å². The van der Waals surface area contributed by atoms with Crippen LogP contribution in [0.2, 0.25) is 0 Å². The molecule has 0 radical (unpaired) electrons. The molecule has 0 saturated carbocycles. The summed E-state index contributed by atoms with van der Waals surface area (Å²) in [6, 6.07) is 24.7. The zero-order valence-electron chi connectivity index (χ0n) is 16.0. The zero-order chi connectivity index (χ0) is 20.1. The van der Waals surface area contributed by atoms with Crippen LogP contribution >= 0.6 is 0 Å². The van der Waals surface area contributed by atoms with E-state index in [4.69, 9.17) is 4.74 Å². The Morgan fingerprint density at radius 3 is 2.24 bits per heavy atom. The van der Waals surface area contributed by atoms with Gasteiger partial charge in [0, 0.05) is 13.0 Å². The molecule has 1 heterocycles. The number of urea groups is 1. The van der Waals surface area contributed by atoms with Crippen molar-refractivity contribution in [3.63, 3.8) is 0 Å². The predicted octanol–water partition coefficient (Wildman–Crippen LogP) is 3.74. The minimum atomic E-state index is -0.779. The summed E-state index contributed by atoms with van der Waals surface area (Å²) in [6.07, 6.45) is 0.0677. The number of nitrogens with one attached hydrogen (secondary N) is 2. The number of benzene rings is 3. The number of amides is 2. The molecule has 29 heavy (non-hydrogen) atoms. The standard InChI is InChI=1S/C24H24N2O3/c27-21(19-11-12-22-20(15-19)13-14-29-22)16-25-24(28)26-23(17-7-3-1-4-8-17)18-9-5-2-6-10-18/h1-12,15,21,23,27H,13-14,16H2,(H2,25,26,28)/t21-/m1/s1. The lowest BCUT2D eigenvalue weighted by Gasteiger charge is -2.21. The van der Waals surface area contributed by atoms with Gasteiger partial charge in [-0.05, 0) is 34.4 Å². The molecule has 0 bridgehead atoms. The van der Waals surface area contributed by atoms with E-state index >= 15 is 0 Å². The molecule has 3 aromatic rings. The molecule has 0 aromatic heterocycles. The Bertz CT molecular complexity index is 921. The van der Waals surface area contributed by atoms with Crippen molar-refractivity contribution < 1.29 is 14.6 Å². The average Bonchev–Trinajstić information content (AvgIpc) is 3.25. The van der Waals surface area contributed by atoms with E-state index in [2.05, 4.69) is 10.6 Å². The van der Waals surface area contributed by atoms with Crippen molar-refractivity contribution in [2.24, 2.45) is 0 Å². The van der Waals surface area contributed by atoms with Gasteiger partial charge in [-0.3, -0.25) is 0 Å². The molecule has 4 rings (SSSR count). The lowest BCUT2D eigenvalue weighted by Crippen LogP contribution is -2.40. The summed E-state index contributed by atoms with van der Waals surface area (Å²) in [5, 5.41) is 16.3. The van der Waals surface area contributed by atoms with E-state index in [0.29, 0.717) is 6.61 Å². The first kappa shape index (κ1) is 19.0. The van der Waals surface area contributed by atoms with E-state index in [-0.39, 0.29) is 18.6 Å². The predicted molar refractivity (Wildman–Crippen MR) is 112 cm³/mol. The lowest BCUT2D eigenvalue weighted by molar-refractivity contribution is 0.172. The molecule has 0 unspecified atom stereocenters. The van der Waals surface area contributed by atoms with Crippen LogP contribution < -0.4 is 15.4 Å². The summed E-state index contributed by atoms with van der Waals surface area (Å²) in [5.74, 6) is 0.875. The zero-order valence-corrected chi connectivity index (χ0v) is 16.0. The summed E-state index contributed by atoms with van der Waals surface area (Å²) in [4.78, 5) is 12.6. The number of carbonyl (C=O) groups excluding carboxylic acids is 1. The van der Waals surface area contributed by atoms with E-state index in [0.717, 1.165) is 34.4 Å². The summed E-state index contributed by atoms with van der Waals surface area (Å²) < 4.78 is 5.50. The number of ether oxygens (including phenoxy) is 1. The third-order valence-corrected chi connectivity index (χ3v) is 5.10. The second-order valence-corrected chi connectivity index (χ2v) is 7.09. The van der Waals surface area contributed by atoms with Crippen molar-refractivity contribution >= 4 is 6.03 Å². The van der Waals surface area contributed by atoms with E-state index < -0.39 is 6.10 Å². The molecule has 0 fully saturated rings. The van der Waals surface area contributed by atoms with Gasteiger partial charge in [-0.25, -0.2) is 4.79 Å². The molecule has 1 aliphatic rings. The van der Waals surface area contributed by atoms with Crippen molar-refractivity contribution in [2.45, 2.75) is 18.6 Å². The van der Waals surface area contributed by atoms with Crippen molar-refractivity contribution in [3.8, 4) is 5.75 Å². The van der Waals surface area contributed by atoms with E-state index in [1.54, 1.807) is 0 Å². The fourth-order valence-corrected chi connectivity index (χ4v) is 3.55. The van der Waals surface area contributed by atoms with Crippen molar-refractivity contribution in [3.05, 3.63) is 101 Å². The van der Waals surface area contributed by atoms with Crippen LogP contribution in [0.25, 0.3) is 0 Å². The largest absolute Gasteiger partial charge is 0.493 e. The monoisotopic (exact) mass is 388 g/mol. The highest BCUT2D eigenvalue weighted by atomic mass is 16.5. The molecule has 2 amide bonds. The van der Waals surface area contributed by atoms with Gasteiger partial charge in [-0.2, -0.15) is 0 Å². The number of aliphatic hydroxyl groups is 1. The van der Waals surface area contributed by atoms with Gasteiger partial charge in [0.25, 0.3) is 0 Å². The summed E-state index contributed by atoms with van der Waals surface area (Å²) in [6.45, 7) is 0.803. The first-order valence-corrected chi connectivity index (χ1v) is 9.78. The van der Waals surface area contributed by atoms with Crippen molar-refractivity contribution in [2.75, 3.05) is 13.2 Å². The second-order valence-electron chi connectivity index (χ2n) is 7.09. The van der Waals surface area contributed by atoms with Crippen molar-refractivity contribution in [1.82, 2.24) is 10.6 Å². The number of aliphatic hydroxyl groups excluding tert-OH is 1. The van der Waals surface area contributed by atoms with E-state index in [9.17, 15) is 9.90 Å². The summed E-state index contributed by atoms with van der Waals surface area (Å²) >= 11 is 0. The van der Waals surface area contributed by atoms with Crippen LogP contribution in [0.15, 0.2) is 78.9 Å². The van der Waals surface area contributed by atoms with Crippen LogP contribution in [0.4, 0.5) is 4.79 Å². The van der Waals surface area contributed by atoms with Crippen LogP contribution in [0, 0.1) is 0 Å². The Hall–Kier alpha value is -3.31. The highest BCUT2D eigenvalue weighted by Gasteiger charge is 2.19. The summed E-state index contributed by atoms with van der Waals surface area (Å²) in [7, 11) is 0. The van der Waals surface area contributed by atoms with Gasteiger partial charge in [0.1, 0.15) is 5.75 Å². The molecule has 3 aromatic carbocycles. The van der Waals surface area contributed by atoms with Crippen LogP contribution in [-0.2, 0) is 6.42 Å². The van der Waals surface area contributed by atoms with Crippen LogP contribution in [0.3, 0.4) is 0 Å². The molecule has 1 aliphatic heterocycles. The first-order valence-electron chi connectivity index (χ1n) is 9.78. The van der Waals surface area contributed by atoms with Crippen LogP contribution in [-0.4, -0.2) is 24.3 Å². The fraction of sp³-hybridized carbons (Fsp3) is 0.208. The number of rotatable bonds is 6. The fourth-order valence-electron chi connectivity index (χ4n) is 3.55. The molecule has 1 atom stereocenters. The lowest BCUT2D eigenvalue weighted by atomic mass is 9.99. The highest BCUT2D eigenvalue weighted by Crippen LogP contribution is 2.28. The average molecular weight is 388 g/mol. The van der Waals surface area contributed by atoms with Crippen LogP contribution in [0.1, 0.15) is 34.4 Å². The molecule has 5 nitrogen and oxygen atoms in total.